The zero-order chi connectivity index (χ0) is 17.8. The summed E-state index contributed by atoms with van der Waals surface area (Å²) in [4.78, 5) is 22.3. The quantitative estimate of drug-likeness (QED) is 0.646. The Morgan fingerprint density at radius 2 is 2.16 bits per heavy atom. The zero-order valence-electron chi connectivity index (χ0n) is 13.4. The lowest BCUT2D eigenvalue weighted by molar-refractivity contribution is -0.130. The second-order valence-corrected chi connectivity index (χ2v) is 6.65. The third kappa shape index (κ3) is 4.80. The van der Waals surface area contributed by atoms with Gasteiger partial charge in [-0.25, -0.2) is 14.4 Å². The number of benzene rings is 1. The predicted octanol–water partition coefficient (Wildman–Crippen LogP) is 3.74. The van der Waals surface area contributed by atoms with E-state index in [0.717, 1.165) is 18.5 Å². The van der Waals surface area contributed by atoms with Crippen LogP contribution in [-0.4, -0.2) is 40.4 Å². The van der Waals surface area contributed by atoms with Crippen LogP contribution in [0.5, 0.6) is 0 Å². The minimum absolute atomic E-state index is 0.0415. The van der Waals surface area contributed by atoms with Gasteiger partial charge in [0.25, 0.3) is 0 Å². The van der Waals surface area contributed by atoms with Crippen LogP contribution < -0.4 is 5.32 Å². The number of nitrogens with zero attached hydrogens (tertiary/aromatic N) is 3. The minimum atomic E-state index is -0.340. The highest BCUT2D eigenvalue weighted by molar-refractivity contribution is 6.31. The smallest absolute Gasteiger partial charge is 0.241 e. The lowest BCUT2D eigenvalue weighted by atomic mass is 9.94. The van der Waals surface area contributed by atoms with Gasteiger partial charge in [0.15, 0.2) is 0 Å². The minimum Gasteiger partial charge on any atom is -0.376 e. The summed E-state index contributed by atoms with van der Waals surface area (Å²) in [5.41, 5.74) is 1.33. The molecule has 2 heterocycles. The highest BCUT2D eigenvalue weighted by atomic mass is 35.5. The number of hydrogen-bond acceptors (Lipinski definition) is 4. The van der Waals surface area contributed by atoms with Crippen LogP contribution in [0.3, 0.4) is 0 Å². The Morgan fingerprint density at radius 3 is 2.92 bits per heavy atom. The number of anilines is 1. The van der Waals surface area contributed by atoms with Gasteiger partial charge in [-0.1, -0.05) is 17.7 Å². The molecule has 2 aromatic rings. The van der Waals surface area contributed by atoms with Crippen molar-refractivity contribution >= 4 is 34.8 Å². The van der Waals surface area contributed by atoms with Gasteiger partial charge in [0.1, 0.15) is 11.0 Å². The van der Waals surface area contributed by atoms with Gasteiger partial charge >= 0.3 is 0 Å². The van der Waals surface area contributed by atoms with Crippen molar-refractivity contribution in [3.05, 3.63) is 52.3 Å². The molecule has 8 heteroatoms. The zero-order valence-corrected chi connectivity index (χ0v) is 14.9. The Balaban J connectivity index is 1.61. The monoisotopic (exact) mass is 382 g/mol. The number of halogens is 3. The van der Waals surface area contributed by atoms with E-state index in [4.69, 9.17) is 23.2 Å². The summed E-state index contributed by atoms with van der Waals surface area (Å²) in [6.07, 6.45) is 1.78. The molecule has 5 nitrogen and oxygen atoms in total. The van der Waals surface area contributed by atoms with Crippen molar-refractivity contribution < 1.29 is 9.18 Å². The van der Waals surface area contributed by atoms with Crippen LogP contribution in [-0.2, 0) is 4.79 Å². The van der Waals surface area contributed by atoms with Crippen molar-refractivity contribution in [2.24, 2.45) is 0 Å². The van der Waals surface area contributed by atoms with E-state index in [1.165, 1.54) is 12.1 Å². The molecule has 25 heavy (non-hydrogen) atoms. The topological polar surface area (TPSA) is 58.1 Å². The summed E-state index contributed by atoms with van der Waals surface area (Å²) in [6.45, 7) is 1.35. The first-order chi connectivity index (χ1) is 12.0. The third-order valence-electron chi connectivity index (χ3n) is 4.15. The molecule has 0 saturated carbocycles. The first-order valence-electron chi connectivity index (χ1n) is 7.98. The van der Waals surface area contributed by atoms with E-state index in [-0.39, 0.29) is 29.5 Å². The van der Waals surface area contributed by atoms with E-state index in [2.05, 4.69) is 15.3 Å². The van der Waals surface area contributed by atoms with Gasteiger partial charge in [-0.2, -0.15) is 0 Å². The molecule has 1 saturated heterocycles. The Kier molecular flexibility index (Phi) is 5.71. The molecular formula is C17H17Cl2FN4O. The normalized spacial score (nSPS) is 17.4. The molecule has 1 aromatic heterocycles. The molecule has 3 rings (SSSR count). The van der Waals surface area contributed by atoms with Crippen LogP contribution in [0, 0.1) is 5.82 Å². The van der Waals surface area contributed by atoms with Crippen LogP contribution >= 0.6 is 23.2 Å². The van der Waals surface area contributed by atoms with Gasteiger partial charge in [-0.15, -0.1) is 0 Å². The van der Waals surface area contributed by atoms with Crippen molar-refractivity contribution in [3.63, 3.8) is 0 Å². The Labute approximate surface area is 155 Å². The van der Waals surface area contributed by atoms with Gasteiger partial charge in [0.05, 0.1) is 12.2 Å². The Hall–Kier alpha value is -1.92. The summed E-state index contributed by atoms with van der Waals surface area (Å²) in [5, 5.41) is 3.36. The van der Waals surface area contributed by atoms with Crippen molar-refractivity contribution in [2.75, 3.05) is 25.0 Å². The molecule has 0 bridgehead atoms. The van der Waals surface area contributed by atoms with Crippen molar-refractivity contribution in [2.45, 2.75) is 18.8 Å². The van der Waals surface area contributed by atoms with E-state index in [1.807, 2.05) is 0 Å². The maximum Gasteiger partial charge on any atom is 0.241 e. The summed E-state index contributed by atoms with van der Waals surface area (Å²) in [6, 6.07) is 7.73. The highest BCUT2D eigenvalue weighted by Crippen LogP contribution is 2.27. The van der Waals surface area contributed by atoms with Gasteiger partial charge < -0.3 is 10.2 Å². The second-order valence-electron chi connectivity index (χ2n) is 5.93. The van der Waals surface area contributed by atoms with Gasteiger partial charge in [0, 0.05) is 24.7 Å². The molecule has 1 amide bonds. The first kappa shape index (κ1) is 17.9. The molecule has 1 N–H and O–H groups in total. The third-order valence-corrected chi connectivity index (χ3v) is 4.51. The lowest BCUT2D eigenvalue weighted by Gasteiger charge is -2.32. The van der Waals surface area contributed by atoms with E-state index in [0.29, 0.717) is 23.9 Å². The van der Waals surface area contributed by atoms with Crippen molar-refractivity contribution in [3.8, 4) is 0 Å². The molecule has 0 radical (unpaired) electrons. The summed E-state index contributed by atoms with van der Waals surface area (Å²) >= 11 is 11.8. The number of hydrogen-bond donors (Lipinski definition) is 1. The highest BCUT2D eigenvalue weighted by Gasteiger charge is 2.26. The second kappa shape index (κ2) is 7.97. The van der Waals surface area contributed by atoms with Gasteiger partial charge in [0.2, 0.25) is 11.2 Å². The summed E-state index contributed by atoms with van der Waals surface area (Å²) in [5.74, 6) is -0.307. The lowest BCUT2D eigenvalue weighted by Crippen LogP contribution is -2.42. The molecular weight excluding hydrogens is 366 g/mol. The number of nitrogens with one attached hydrogen (secondary N) is 1. The van der Waals surface area contributed by atoms with Gasteiger partial charge in [-0.3, -0.25) is 4.79 Å². The molecule has 1 aromatic carbocycles. The summed E-state index contributed by atoms with van der Waals surface area (Å²) in [7, 11) is 0. The van der Waals surface area contributed by atoms with E-state index >= 15 is 0 Å². The van der Waals surface area contributed by atoms with Crippen LogP contribution in [0.15, 0.2) is 30.3 Å². The van der Waals surface area contributed by atoms with E-state index in [1.54, 1.807) is 23.1 Å². The number of likely N-dealkylation sites (tertiary alicyclic amines) is 1. The average Bonchev–Trinajstić information content (AvgIpc) is 2.59. The molecule has 1 atom stereocenters. The number of aromatic nitrogens is 2. The van der Waals surface area contributed by atoms with E-state index in [9.17, 15) is 9.18 Å². The van der Waals surface area contributed by atoms with Crippen molar-refractivity contribution in [1.29, 1.82) is 0 Å². The number of carbonyl (C=O) groups is 1. The Bertz CT molecular complexity index is 754. The van der Waals surface area contributed by atoms with Crippen molar-refractivity contribution in [1.82, 2.24) is 14.9 Å². The SMILES string of the molecule is O=C(CNc1cccc(F)c1)N1CCCC(c2cc(Cl)nc(Cl)n2)C1. The molecule has 1 unspecified atom stereocenters. The van der Waals surface area contributed by atoms with Crippen LogP contribution in [0.4, 0.5) is 10.1 Å². The van der Waals surface area contributed by atoms with E-state index < -0.39 is 0 Å². The van der Waals surface area contributed by atoms with Crippen LogP contribution in [0.1, 0.15) is 24.5 Å². The molecule has 0 aliphatic carbocycles. The fourth-order valence-electron chi connectivity index (χ4n) is 2.95. The number of carbonyl (C=O) groups excluding carboxylic acids is 1. The molecule has 1 aliphatic rings. The fraction of sp³-hybridized carbons (Fsp3) is 0.353. The number of rotatable bonds is 4. The summed E-state index contributed by atoms with van der Waals surface area (Å²) < 4.78 is 13.2. The number of amides is 1. The predicted molar refractivity (Wildman–Crippen MR) is 95.5 cm³/mol. The number of piperidine rings is 1. The van der Waals surface area contributed by atoms with Crippen LogP contribution in [0.2, 0.25) is 10.4 Å². The van der Waals surface area contributed by atoms with Crippen LogP contribution in [0.25, 0.3) is 0 Å². The maximum absolute atomic E-state index is 13.2. The Morgan fingerprint density at radius 1 is 1.32 bits per heavy atom. The van der Waals surface area contributed by atoms with Gasteiger partial charge in [-0.05, 0) is 48.7 Å². The fourth-order valence-corrected chi connectivity index (χ4v) is 3.37. The first-order valence-corrected chi connectivity index (χ1v) is 8.74. The maximum atomic E-state index is 13.2. The molecule has 0 spiro atoms. The molecule has 1 aliphatic heterocycles. The average molecular weight is 383 g/mol. The molecule has 1 fully saturated rings. The molecule has 132 valence electrons. The standard InChI is InChI=1S/C17H17Cl2FN4O/c18-15-8-14(22-17(19)23-15)11-3-2-6-24(10-11)16(25)9-21-13-5-1-4-12(20)7-13/h1,4-5,7-8,11,21H,2-3,6,9-10H2. The largest absolute Gasteiger partial charge is 0.376 e.